The Bertz CT molecular complexity index is 1160. The summed E-state index contributed by atoms with van der Waals surface area (Å²) in [6, 6.07) is 8.27. The summed E-state index contributed by atoms with van der Waals surface area (Å²) in [4.78, 5) is 30.0. The van der Waals surface area contributed by atoms with Crippen molar-refractivity contribution in [3.63, 3.8) is 0 Å². The number of methoxy groups -OCH3 is 2. The lowest BCUT2D eigenvalue weighted by Crippen LogP contribution is -2.42. The number of aromatic hydroxyl groups is 1. The number of carbonyl (C=O) groups excluding carboxylic acids is 2. The molecule has 2 saturated heterocycles. The van der Waals surface area contributed by atoms with Crippen LogP contribution in [0.5, 0.6) is 17.2 Å². The van der Waals surface area contributed by atoms with E-state index >= 15 is 0 Å². The highest BCUT2D eigenvalue weighted by atomic mass is 35.5. The van der Waals surface area contributed by atoms with Gasteiger partial charge in [0.05, 0.1) is 44.6 Å². The Morgan fingerprint density at radius 1 is 1.06 bits per heavy atom. The molecule has 1 unspecified atom stereocenters. The number of aliphatic hydroxyl groups excluding tert-OH is 1. The van der Waals surface area contributed by atoms with Crippen LogP contribution in [0, 0.1) is 0 Å². The fourth-order valence-corrected chi connectivity index (χ4v) is 4.57. The molecule has 0 saturated carbocycles. The normalized spacial score (nSPS) is 20.3. The first-order valence-corrected chi connectivity index (χ1v) is 11.5. The van der Waals surface area contributed by atoms with Crippen molar-refractivity contribution < 1.29 is 34.0 Å². The molecule has 2 aromatic rings. The van der Waals surface area contributed by atoms with Crippen LogP contribution >= 0.6 is 11.6 Å². The third-order valence-electron chi connectivity index (χ3n) is 6.24. The van der Waals surface area contributed by atoms with E-state index in [0.717, 1.165) is 13.1 Å². The number of carbonyl (C=O) groups is 2. The Hall–Kier alpha value is -3.27. The summed E-state index contributed by atoms with van der Waals surface area (Å²) >= 11 is 6.07. The molecule has 0 aromatic heterocycles. The highest BCUT2D eigenvalue weighted by molar-refractivity contribution is 6.46. The number of amides is 1. The molecule has 9 nitrogen and oxygen atoms in total. The summed E-state index contributed by atoms with van der Waals surface area (Å²) in [5.41, 5.74) is 0.378. The number of aliphatic hydroxyl groups is 1. The Kier molecular flexibility index (Phi) is 7.49. The van der Waals surface area contributed by atoms with Gasteiger partial charge in [-0.15, -0.1) is 0 Å². The summed E-state index contributed by atoms with van der Waals surface area (Å²) in [7, 11) is 2.99. The van der Waals surface area contributed by atoms with Gasteiger partial charge in [0.15, 0.2) is 11.5 Å². The van der Waals surface area contributed by atoms with E-state index in [1.165, 1.54) is 37.3 Å². The molecular formula is C25H27ClN2O7. The number of Topliss-reactive ketones (excluding diaryl/α,β-unsaturated/α-hetero) is 1. The van der Waals surface area contributed by atoms with Crippen LogP contribution in [0.1, 0.15) is 17.2 Å². The van der Waals surface area contributed by atoms with Crippen molar-refractivity contribution in [1.82, 2.24) is 9.80 Å². The molecule has 0 radical (unpaired) electrons. The minimum Gasteiger partial charge on any atom is -0.507 e. The number of phenols is 1. The smallest absolute Gasteiger partial charge is 0.295 e. The van der Waals surface area contributed by atoms with Gasteiger partial charge in [-0.25, -0.2) is 0 Å². The number of hydrogen-bond donors (Lipinski definition) is 2. The maximum atomic E-state index is 13.2. The van der Waals surface area contributed by atoms with Gasteiger partial charge < -0.3 is 29.3 Å². The van der Waals surface area contributed by atoms with Crippen molar-refractivity contribution in [2.75, 3.05) is 53.6 Å². The molecule has 2 heterocycles. The third kappa shape index (κ3) is 4.93. The highest BCUT2D eigenvalue weighted by Crippen LogP contribution is 2.43. The molecule has 1 amide bonds. The maximum absolute atomic E-state index is 13.2. The lowest BCUT2D eigenvalue weighted by Gasteiger charge is -2.31. The molecule has 0 aliphatic carbocycles. The van der Waals surface area contributed by atoms with Crippen molar-refractivity contribution in [3.05, 3.63) is 58.1 Å². The first kappa shape index (κ1) is 24.8. The summed E-state index contributed by atoms with van der Waals surface area (Å²) in [6.07, 6.45) is 0. The number of rotatable bonds is 7. The van der Waals surface area contributed by atoms with E-state index in [2.05, 4.69) is 4.90 Å². The van der Waals surface area contributed by atoms with E-state index in [1.807, 2.05) is 0 Å². The maximum Gasteiger partial charge on any atom is 0.295 e. The lowest BCUT2D eigenvalue weighted by atomic mass is 9.94. The largest absolute Gasteiger partial charge is 0.507 e. The molecule has 2 aromatic carbocycles. The molecule has 35 heavy (non-hydrogen) atoms. The zero-order valence-electron chi connectivity index (χ0n) is 19.5. The number of ketones is 1. The fraction of sp³-hybridized carbons (Fsp3) is 0.360. The number of ether oxygens (including phenoxy) is 3. The van der Waals surface area contributed by atoms with Crippen LogP contribution in [0.4, 0.5) is 0 Å². The standard InChI is InChI=1S/C25H27ClN2O7/c1-33-19-6-3-15(13-20(19)34-2)22-21(23(30)17-14-16(26)4-5-18(17)29)24(31)25(32)28(22)8-7-27-9-11-35-12-10-27/h3-6,13-14,22,29-30H,7-12H2,1-2H3. The Morgan fingerprint density at radius 2 is 1.77 bits per heavy atom. The van der Waals surface area contributed by atoms with Gasteiger partial charge >= 0.3 is 0 Å². The summed E-state index contributed by atoms with van der Waals surface area (Å²) in [6.45, 7) is 3.44. The number of nitrogens with zero attached hydrogens (tertiary/aromatic N) is 2. The summed E-state index contributed by atoms with van der Waals surface area (Å²) < 4.78 is 16.1. The van der Waals surface area contributed by atoms with Crippen LogP contribution in [0.3, 0.4) is 0 Å². The van der Waals surface area contributed by atoms with Crippen molar-refractivity contribution >= 4 is 29.1 Å². The molecule has 4 rings (SSSR count). The molecule has 1 atom stereocenters. The number of phenolic OH excluding ortho intramolecular Hbond substituents is 1. The fourth-order valence-electron chi connectivity index (χ4n) is 4.40. The second kappa shape index (κ2) is 10.6. The molecular weight excluding hydrogens is 476 g/mol. The van der Waals surface area contributed by atoms with E-state index in [1.54, 1.807) is 18.2 Å². The predicted octanol–water partition coefficient (Wildman–Crippen LogP) is 2.82. The van der Waals surface area contributed by atoms with Crippen molar-refractivity contribution in [3.8, 4) is 17.2 Å². The second-order valence-electron chi connectivity index (χ2n) is 8.22. The molecule has 186 valence electrons. The predicted molar refractivity (Wildman–Crippen MR) is 129 cm³/mol. The minimum absolute atomic E-state index is 0.0332. The zero-order valence-corrected chi connectivity index (χ0v) is 20.2. The van der Waals surface area contributed by atoms with Crippen molar-refractivity contribution in [2.24, 2.45) is 0 Å². The molecule has 0 bridgehead atoms. The van der Waals surface area contributed by atoms with Crippen LogP contribution in [-0.4, -0.2) is 85.3 Å². The van der Waals surface area contributed by atoms with E-state index in [-0.39, 0.29) is 28.5 Å². The van der Waals surface area contributed by atoms with E-state index in [9.17, 15) is 19.8 Å². The average Bonchev–Trinajstić information content (AvgIpc) is 3.13. The van der Waals surface area contributed by atoms with E-state index in [4.69, 9.17) is 25.8 Å². The Balaban J connectivity index is 1.81. The SMILES string of the molecule is COc1ccc(C2C(=C(O)c3cc(Cl)ccc3O)C(=O)C(=O)N2CCN2CCOCC2)cc1OC. The molecule has 2 aliphatic rings. The minimum atomic E-state index is -0.908. The van der Waals surface area contributed by atoms with Gasteiger partial charge in [-0.3, -0.25) is 14.5 Å². The first-order valence-electron chi connectivity index (χ1n) is 11.1. The molecule has 2 aliphatic heterocycles. The number of hydrogen-bond acceptors (Lipinski definition) is 8. The van der Waals surface area contributed by atoms with Crippen LogP contribution in [0.2, 0.25) is 5.02 Å². The lowest BCUT2D eigenvalue weighted by molar-refractivity contribution is -0.140. The summed E-state index contributed by atoms with van der Waals surface area (Å²) in [5.74, 6) is -1.46. The van der Waals surface area contributed by atoms with Crippen LogP contribution in [0.15, 0.2) is 42.0 Å². The van der Waals surface area contributed by atoms with Gasteiger partial charge in [0.2, 0.25) is 0 Å². The van der Waals surface area contributed by atoms with Crippen molar-refractivity contribution in [2.45, 2.75) is 6.04 Å². The van der Waals surface area contributed by atoms with Crippen molar-refractivity contribution in [1.29, 1.82) is 0 Å². The molecule has 2 N–H and O–H groups in total. The third-order valence-corrected chi connectivity index (χ3v) is 6.47. The van der Waals surface area contributed by atoms with Gasteiger partial charge in [0, 0.05) is 31.2 Å². The van der Waals surface area contributed by atoms with Crippen LogP contribution < -0.4 is 9.47 Å². The van der Waals surface area contributed by atoms with Crippen LogP contribution in [-0.2, 0) is 14.3 Å². The highest BCUT2D eigenvalue weighted by Gasteiger charge is 2.46. The Labute approximate surface area is 208 Å². The monoisotopic (exact) mass is 502 g/mol. The van der Waals surface area contributed by atoms with Gasteiger partial charge in [0.1, 0.15) is 11.5 Å². The summed E-state index contributed by atoms with van der Waals surface area (Å²) in [5, 5.41) is 21.8. The topological polar surface area (TPSA) is 109 Å². The molecule has 0 spiro atoms. The second-order valence-corrected chi connectivity index (χ2v) is 8.66. The van der Waals surface area contributed by atoms with Crippen LogP contribution in [0.25, 0.3) is 5.76 Å². The Morgan fingerprint density at radius 3 is 2.46 bits per heavy atom. The van der Waals surface area contributed by atoms with E-state index in [0.29, 0.717) is 36.8 Å². The quantitative estimate of drug-likeness (QED) is 0.338. The molecule has 2 fully saturated rings. The van der Waals surface area contributed by atoms with Gasteiger partial charge in [-0.1, -0.05) is 17.7 Å². The number of halogens is 1. The first-order chi connectivity index (χ1) is 16.8. The number of likely N-dealkylation sites (tertiary alicyclic amines) is 1. The van der Waals surface area contributed by atoms with Gasteiger partial charge in [0.25, 0.3) is 11.7 Å². The number of benzene rings is 2. The van der Waals surface area contributed by atoms with Gasteiger partial charge in [-0.05, 0) is 35.9 Å². The number of morpholine rings is 1. The zero-order chi connectivity index (χ0) is 25.1. The van der Waals surface area contributed by atoms with E-state index < -0.39 is 23.5 Å². The average molecular weight is 503 g/mol. The van der Waals surface area contributed by atoms with Gasteiger partial charge in [-0.2, -0.15) is 0 Å². The molecule has 10 heteroatoms.